The van der Waals surface area contributed by atoms with Gasteiger partial charge >= 0.3 is 0 Å². The third-order valence-electron chi connectivity index (χ3n) is 4.16. The number of sulfonamides is 1. The Kier molecular flexibility index (Phi) is 8.00. The van der Waals surface area contributed by atoms with Gasteiger partial charge < -0.3 is 5.32 Å². The highest BCUT2D eigenvalue weighted by Crippen LogP contribution is 2.25. The van der Waals surface area contributed by atoms with Crippen LogP contribution < -0.4 is 10.0 Å². The molecule has 0 radical (unpaired) electrons. The van der Waals surface area contributed by atoms with E-state index in [1.807, 2.05) is 6.07 Å². The summed E-state index contributed by atoms with van der Waals surface area (Å²) in [6.07, 6.45) is 0. The fourth-order valence-electron chi connectivity index (χ4n) is 2.76. The Hall–Kier alpha value is -2.33. The summed E-state index contributed by atoms with van der Waals surface area (Å²) in [7, 11) is -3.86. The van der Waals surface area contributed by atoms with Crippen molar-refractivity contribution in [1.82, 2.24) is 9.97 Å². The normalized spacial score (nSPS) is 11.2. The molecule has 2 aromatic carbocycles. The Morgan fingerprint density at radius 1 is 1.00 bits per heavy atom. The van der Waals surface area contributed by atoms with Crippen molar-refractivity contribution < 1.29 is 13.2 Å². The molecule has 2 N–H and O–H groups in total. The topological polar surface area (TPSA) is 101 Å². The van der Waals surface area contributed by atoms with E-state index in [0.29, 0.717) is 32.9 Å². The molecule has 168 valence electrons. The van der Waals surface area contributed by atoms with Gasteiger partial charge in [0.15, 0.2) is 0 Å². The Morgan fingerprint density at radius 3 is 2.28 bits per heavy atom. The minimum absolute atomic E-state index is 0.0118. The maximum Gasteiger partial charge on any atom is 0.264 e. The van der Waals surface area contributed by atoms with Crippen molar-refractivity contribution in [2.24, 2.45) is 0 Å². The van der Waals surface area contributed by atoms with E-state index in [0.717, 1.165) is 5.56 Å². The first kappa shape index (κ1) is 24.3. The number of hydrogen-bond acceptors (Lipinski definition) is 6. The van der Waals surface area contributed by atoms with E-state index in [1.54, 1.807) is 32.0 Å². The molecule has 1 heterocycles. The summed E-state index contributed by atoms with van der Waals surface area (Å²) in [4.78, 5) is 20.4. The molecule has 0 saturated carbocycles. The molecular weight excluding hydrogens is 491 g/mol. The number of aryl methyl sites for hydroxylation is 2. The SMILES string of the molecule is Cc1cc(C)nc(NS(=O)(=O)c2ccc(NC(=O)CSCc3ccc(Cl)cc3Cl)cc2)n1. The number of amides is 1. The second-order valence-corrected chi connectivity index (χ2v) is 10.4. The predicted molar refractivity (Wildman–Crippen MR) is 130 cm³/mol. The highest BCUT2D eigenvalue weighted by molar-refractivity contribution is 7.99. The minimum atomic E-state index is -3.86. The molecule has 0 aliphatic rings. The first-order chi connectivity index (χ1) is 15.1. The van der Waals surface area contributed by atoms with Crippen LogP contribution >= 0.6 is 35.0 Å². The molecule has 0 aliphatic carbocycles. The largest absolute Gasteiger partial charge is 0.325 e. The number of hydrogen-bond donors (Lipinski definition) is 2. The van der Waals surface area contributed by atoms with Crippen LogP contribution in [-0.2, 0) is 20.6 Å². The Morgan fingerprint density at radius 2 is 1.66 bits per heavy atom. The number of carbonyl (C=O) groups excluding carboxylic acids is 1. The average Bonchev–Trinajstić information content (AvgIpc) is 2.69. The van der Waals surface area contributed by atoms with Crippen molar-refractivity contribution in [2.75, 3.05) is 15.8 Å². The van der Waals surface area contributed by atoms with Crippen LogP contribution in [-0.4, -0.2) is 30.0 Å². The third-order valence-corrected chi connectivity index (χ3v) is 7.07. The number of halogens is 2. The van der Waals surface area contributed by atoms with Crippen LogP contribution in [0.3, 0.4) is 0 Å². The lowest BCUT2D eigenvalue weighted by Crippen LogP contribution is -2.16. The summed E-state index contributed by atoms with van der Waals surface area (Å²) in [5.41, 5.74) is 2.69. The predicted octanol–water partition coefficient (Wildman–Crippen LogP) is 5.07. The van der Waals surface area contributed by atoms with Crippen molar-refractivity contribution in [3.05, 3.63) is 75.5 Å². The first-order valence-corrected chi connectivity index (χ1v) is 12.8. The zero-order valence-electron chi connectivity index (χ0n) is 17.2. The van der Waals surface area contributed by atoms with Crippen LogP contribution in [0.15, 0.2) is 53.4 Å². The summed E-state index contributed by atoms with van der Waals surface area (Å²) in [6, 6.07) is 12.8. The van der Waals surface area contributed by atoms with Crippen LogP contribution in [0.25, 0.3) is 0 Å². The number of nitrogens with zero attached hydrogens (tertiary/aromatic N) is 2. The Bertz CT molecular complexity index is 1220. The summed E-state index contributed by atoms with van der Waals surface area (Å²) in [5, 5.41) is 3.86. The van der Waals surface area contributed by atoms with Crippen LogP contribution in [0.2, 0.25) is 10.0 Å². The lowest BCUT2D eigenvalue weighted by molar-refractivity contribution is -0.113. The van der Waals surface area contributed by atoms with Gasteiger partial charge in [-0.05, 0) is 61.9 Å². The smallest absolute Gasteiger partial charge is 0.264 e. The molecule has 1 amide bonds. The molecule has 3 rings (SSSR count). The summed E-state index contributed by atoms with van der Waals surface area (Å²) in [5.74, 6) is 0.576. The zero-order chi connectivity index (χ0) is 23.3. The fourth-order valence-corrected chi connectivity index (χ4v) is 5.09. The standard InChI is InChI=1S/C21H20Cl2N4O3S2/c1-13-9-14(2)25-21(24-13)27-32(29,30)18-7-5-17(6-8-18)26-20(28)12-31-11-15-3-4-16(22)10-19(15)23/h3-10H,11-12H2,1-2H3,(H,26,28)(H,24,25,27). The van der Waals surface area contributed by atoms with Crippen molar-refractivity contribution >= 4 is 62.5 Å². The molecule has 0 spiro atoms. The van der Waals surface area contributed by atoms with Crippen LogP contribution in [0.4, 0.5) is 11.6 Å². The van der Waals surface area contributed by atoms with Gasteiger partial charge in [0.05, 0.1) is 10.6 Å². The van der Waals surface area contributed by atoms with Crippen molar-refractivity contribution in [1.29, 1.82) is 0 Å². The number of rotatable bonds is 8. The van der Waals surface area contributed by atoms with Crippen LogP contribution in [0.1, 0.15) is 17.0 Å². The number of nitrogens with one attached hydrogen (secondary N) is 2. The van der Waals surface area contributed by atoms with E-state index >= 15 is 0 Å². The first-order valence-electron chi connectivity index (χ1n) is 9.39. The van der Waals surface area contributed by atoms with Gasteiger partial charge in [-0.3, -0.25) is 4.79 Å². The van der Waals surface area contributed by atoms with E-state index in [-0.39, 0.29) is 22.5 Å². The highest BCUT2D eigenvalue weighted by Gasteiger charge is 2.16. The molecule has 0 atom stereocenters. The number of thioether (sulfide) groups is 1. The maximum absolute atomic E-state index is 12.6. The van der Waals surface area contributed by atoms with Crippen LogP contribution in [0, 0.1) is 13.8 Å². The van der Waals surface area contributed by atoms with Gasteiger partial charge in [0, 0.05) is 32.9 Å². The van der Waals surface area contributed by atoms with E-state index in [1.165, 1.54) is 36.0 Å². The number of carbonyl (C=O) groups is 1. The second kappa shape index (κ2) is 10.5. The van der Waals surface area contributed by atoms with Gasteiger partial charge in [-0.1, -0.05) is 29.3 Å². The average molecular weight is 511 g/mol. The number of anilines is 2. The lowest BCUT2D eigenvalue weighted by Gasteiger charge is -2.09. The van der Waals surface area contributed by atoms with E-state index in [4.69, 9.17) is 23.2 Å². The monoisotopic (exact) mass is 510 g/mol. The third kappa shape index (κ3) is 6.83. The molecule has 0 bridgehead atoms. The van der Waals surface area contributed by atoms with Crippen LogP contribution in [0.5, 0.6) is 0 Å². The van der Waals surface area contributed by atoms with E-state index in [9.17, 15) is 13.2 Å². The fraction of sp³-hybridized carbons (Fsp3) is 0.190. The molecule has 3 aromatic rings. The molecule has 0 saturated heterocycles. The summed E-state index contributed by atoms with van der Waals surface area (Å²) >= 11 is 13.4. The second-order valence-electron chi connectivity index (χ2n) is 6.88. The number of benzene rings is 2. The zero-order valence-corrected chi connectivity index (χ0v) is 20.4. The molecule has 7 nitrogen and oxygen atoms in total. The molecule has 1 aromatic heterocycles. The van der Waals surface area contributed by atoms with Crippen molar-refractivity contribution in [3.8, 4) is 0 Å². The molecular formula is C21H20Cl2N4O3S2. The van der Waals surface area contributed by atoms with Crippen molar-refractivity contribution in [2.45, 2.75) is 24.5 Å². The molecule has 32 heavy (non-hydrogen) atoms. The number of aromatic nitrogens is 2. The Balaban J connectivity index is 1.55. The lowest BCUT2D eigenvalue weighted by atomic mass is 10.2. The molecule has 0 aliphatic heterocycles. The van der Waals surface area contributed by atoms with E-state index < -0.39 is 10.0 Å². The Labute approximate surface area is 201 Å². The molecule has 0 fully saturated rings. The molecule has 0 unspecified atom stereocenters. The van der Waals surface area contributed by atoms with Gasteiger partial charge in [0.1, 0.15) is 0 Å². The van der Waals surface area contributed by atoms with Gasteiger partial charge in [0.2, 0.25) is 11.9 Å². The highest BCUT2D eigenvalue weighted by atomic mass is 35.5. The van der Waals surface area contributed by atoms with Crippen molar-refractivity contribution in [3.63, 3.8) is 0 Å². The maximum atomic E-state index is 12.6. The summed E-state index contributed by atoms with van der Waals surface area (Å²) < 4.78 is 27.5. The molecule has 11 heteroatoms. The van der Waals surface area contributed by atoms with Gasteiger partial charge in [-0.2, -0.15) is 0 Å². The van der Waals surface area contributed by atoms with Gasteiger partial charge in [-0.15, -0.1) is 11.8 Å². The minimum Gasteiger partial charge on any atom is -0.325 e. The van der Waals surface area contributed by atoms with Gasteiger partial charge in [-0.25, -0.2) is 23.1 Å². The van der Waals surface area contributed by atoms with E-state index in [2.05, 4.69) is 20.0 Å². The van der Waals surface area contributed by atoms with Gasteiger partial charge in [0.25, 0.3) is 10.0 Å². The summed E-state index contributed by atoms with van der Waals surface area (Å²) in [6.45, 7) is 3.51. The quantitative estimate of drug-likeness (QED) is 0.438.